The summed E-state index contributed by atoms with van der Waals surface area (Å²) in [7, 11) is 1.75. The van der Waals surface area contributed by atoms with E-state index in [0.717, 1.165) is 0 Å². The molecular weight excluding hydrogens is 256 g/mol. The summed E-state index contributed by atoms with van der Waals surface area (Å²) in [4.78, 5) is 25.2. The Morgan fingerprint density at radius 2 is 1.85 bits per heavy atom. The molecule has 1 aromatic carbocycles. The number of ketones is 1. The van der Waals surface area contributed by atoms with E-state index < -0.39 is 5.60 Å². The molecule has 0 unspecified atom stereocenters. The average molecular weight is 278 g/mol. The second-order valence-corrected chi connectivity index (χ2v) is 5.55. The molecule has 110 valence electrons. The molecule has 0 aliphatic heterocycles. The summed E-state index contributed by atoms with van der Waals surface area (Å²) in [5.74, 6) is -0.356. The number of amides is 1. The summed E-state index contributed by atoms with van der Waals surface area (Å²) in [5.41, 5.74) is -0.271. The summed E-state index contributed by atoms with van der Waals surface area (Å²) >= 11 is 0. The fourth-order valence-corrected chi connectivity index (χ4v) is 1.92. The number of Topliss-reactive ketones (excluding diaryl/α,β-unsaturated/α-hetero) is 1. The van der Waals surface area contributed by atoms with Gasteiger partial charge in [-0.05, 0) is 20.9 Å². The smallest absolute Gasteiger partial charge is 0.234 e. The van der Waals surface area contributed by atoms with Crippen LogP contribution in [0.1, 0.15) is 24.2 Å². The van der Waals surface area contributed by atoms with Crippen LogP contribution in [0.2, 0.25) is 0 Å². The van der Waals surface area contributed by atoms with E-state index in [4.69, 9.17) is 0 Å². The summed E-state index contributed by atoms with van der Waals surface area (Å²) < 4.78 is 0. The fourth-order valence-electron chi connectivity index (χ4n) is 1.92. The van der Waals surface area contributed by atoms with Gasteiger partial charge in [-0.3, -0.25) is 14.5 Å². The van der Waals surface area contributed by atoms with Gasteiger partial charge < -0.3 is 10.4 Å². The van der Waals surface area contributed by atoms with E-state index in [-0.39, 0.29) is 24.8 Å². The van der Waals surface area contributed by atoms with Crippen molar-refractivity contribution in [3.8, 4) is 0 Å². The summed E-state index contributed by atoms with van der Waals surface area (Å²) in [5, 5.41) is 12.2. The number of benzene rings is 1. The maximum atomic E-state index is 11.8. The third-order valence-electron chi connectivity index (χ3n) is 2.61. The van der Waals surface area contributed by atoms with Crippen molar-refractivity contribution in [3.63, 3.8) is 0 Å². The van der Waals surface area contributed by atoms with Crippen molar-refractivity contribution in [2.45, 2.75) is 19.4 Å². The Balaban J connectivity index is 2.35. The van der Waals surface area contributed by atoms with E-state index >= 15 is 0 Å². The largest absolute Gasteiger partial charge is 0.389 e. The van der Waals surface area contributed by atoms with Gasteiger partial charge in [-0.1, -0.05) is 30.3 Å². The molecule has 0 saturated heterocycles. The predicted octanol–water partition coefficient (Wildman–Crippen LogP) is 0.688. The maximum absolute atomic E-state index is 11.8. The van der Waals surface area contributed by atoms with E-state index in [1.165, 1.54) is 0 Å². The number of nitrogens with one attached hydrogen (secondary N) is 1. The minimum atomic E-state index is -0.852. The molecule has 0 atom stereocenters. The monoisotopic (exact) mass is 278 g/mol. The maximum Gasteiger partial charge on any atom is 0.234 e. The molecule has 2 N–H and O–H groups in total. The van der Waals surface area contributed by atoms with E-state index in [0.29, 0.717) is 12.1 Å². The lowest BCUT2D eigenvalue weighted by Crippen LogP contribution is -2.43. The fraction of sp³-hybridized carbons (Fsp3) is 0.467. The summed E-state index contributed by atoms with van der Waals surface area (Å²) in [6.45, 7) is 3.87. The van der Waals surface area contributed by atoms with Crippen LogP contribution in [0.3, 0.4) is 0 Å². The molecule has 1 aromatic rings. The first kappa shape index (κ1) is 16.3. The van der Waals surface area contributed by atoms with Crippen molar-refractivity contribution in [2.24, 2.45) is 0 Å². The second-order valence-electron chi connectivity index (χ2n) is 5.55. The highest BCUT2D eigenvalue weighted by molar-refractivity contribution is 5.99. The van der Waals surface area contributed by atoms with Crippen molar-refractivity contribution in [1.82, 2.24) is 10.2 Å². The molecule has 0 spiro atoms. The molecule has 0 aliphatic carbocycles. The molecule has 0 aromatic heterocycles. The van der Waals surface area contributed by atoms with Crippen molar-refractivity contribution in [3.05, 3.63) is 35.9 Å². The normalized spacial score (nSPS) is 11.4. The van der Waals surface area contributed by atoms with Crippen molar-refractivity contribution in [2.75, 3.05) is 26.7 Å². The Kier molecular flexibility index (Phi) is 5.85. The van der Waals surface area contributed by atoms with Gasteiger partial charge in [0.2, 0.25) is 5.91 Å². The van der Waals surface area contributed by atoms with Crippen LogP contribution in [0.5, 0.6) is 0 Å². The van der Waals surface area contributed by atoms with Gasteiger partial charge in [0.1, 0.15) is 0 Å². The van der Waals surface area contributed by atoms with Crippen molar-refractivity contribution in [1.29, 1.82) is 0 Å². The Morgan fingerprint density at radius 1 is 1.25 bits per heavy atom. The lowest BCUT2D eigenvalue weighted by Gasteiger charge is -2.24. The molecule has 0 heterocycles. The highest BCUT2D eigenvalue weighted by Gasteiger charge is 2.17. The molecule has 0 bridgehead atoms. The molecule has 1 amide bonds. The Morgan fingerprint density at radius 3 is 2.40 bits per heavy atom. The number of rotatable bonds is 7. The van der Waals surface area contributed by atoms with Crippen molar-refractivity contribution < 1.29 is 14.7 Å². The van der Waals surface area contributed by atoms with Gasteiger partial charge in [0.15, 0.2) is 5.78 Å². The van der Waals surface area contributed by atoms with Crippen LogP contribution in [0.25, 0.3) is 0 Å². The number of carbonyl (C=O) groups is 2. The third kappa shape index (κ3) is 6.45. The SMILES string of the molecule is CN(CC(=O)NCC(=O)c1ccccc1)CC(C)(C)O. The van der Waals surface area contributed by atoms with Crippen LogP contribution in [0.15, 0.2) is 30.3 Å². The van der Waals surface area contributed by atoms with E-state index in [1.54, 1.807) is 50.1 Å². The number of nitrogens with zero attached hydrogens (tertiary/aromatic N) is 1. The third-order valence-corrected chi connectivity index (χ3v) is 2.61. The Labute approximate surface area is 119 Å². The first-order chi connectivity index (χ1) is 9.28. The number of aliphatic hydroxyl groups is 1. The zero-order valence-corrected chi connectivity index (χ0v) is 12.2. The lowest BCUT2D eigenvalue weighted by molar-refractivity contribution is -0.122. The standard InChI is InChI=1S/C15H22N2O3/c1-15(2,20)11-17(3)10-14(19)16-9-13(18)12-7-5-4-6-8-12/h4-8,20H,9-11H2,1-3H3,(H,16,19). The molecule has 0 aliphatic rings. The van der Waals surface area contributed by atoms with Gasteiger partial charge in [-0.25, -0.2) is 0 Å². The van der Waals surface area contributed by atoms with Crippen molar-refractivity contribution >= 4 is 11.7 Å². The van der Waals surface area contributed by atoms with Gasteiger partial charge in [-0.2, -0.15) is 0 Å². The average Bonchev–Trinajstić information content (AvgIpc) is 2.34. The van der Waals surface area contributed by atoms with Crippen LogP contribution in [-0.2, 0) is 4.79 Å². The Bertz CT molecular complexity index is 452. The summed E-state index contributed by atoms with van der Waals surface area (Å²) in [6, 6.07) is 8.84. The highest BCUT2D eigenvalue weighted by atomic mass is 16.3. The topological polar surface area (TPSA) is 69.6 Å². The molecular formula is C15H22N2O3. The van der Waals surface area contributed by atoms with Crippen LogP contribution in [-0.4, -0.2) is 54.0 Å². The number of likely N-dealkylation sites (N-methyl/N-ethyl adjacent to an activating group) is 1. The molecule has 0 saturated carbocycles. The van der Waals surface area contributed by atoms with Gasteiger partial charge in [0, 0.05) is 12.1 Å². The minimum absolute atomic E-state index is 0.0147. The zero-order valence-electron chi connectivity index (χ0n) is 12.2. The first-order valence-electron chi connectivity index (χ1n) is 6.54. The van der Waals surface area contributed by atoms with Gasteiger partial charge in [0.25, 0.3) is 0 Å². The number of hydrogen-bond donors (Lipinski definition) is 2. The lowest BCUT2D eigenvalue weighted by atomic mass is 10.1. The van der Waals surface area contributed by atoms with Gasteiger partial charge >= 0.3 is 0 Å². The van der Waals surface area contributed by atoms with E-state index in [2.05, 4.69) is 5.32 Å². The molecule has 5 nitrogen and oxygen atoms in total. The van der Waals surface area contributed by atoms with Crippen LogP contribution >= 0.6 is 0 Å². The zero-order chi connectivity index (χ0) is 15.2. The number of carbonyl (C=O) groups excluding carboxylic acids is 2. The number of hydrogen-bond acceptors (Lipinski definition) is 4. The van der Waals surface area contributed by atoms with Crippen LogP contribution < -0.4 is 5.32 Å². The summed E-state index contributed by atoms with van der Waals surface area (Å²) in [6.07, 6.45) is 0. The molecule has 1 rings (SSSR count). The predicted molar refractivity (Wildman–Crippen MR) is 77.6 cm³/mol. The molecule has 0 radical (unpaired) electrons. The Hall–Kier alpha value is -1.72. The first-order valence-corrected chi connectivity index (χ1v) is 6.54. The highest BCUT2D eigenvalue weighted by Crippen LogP contribution is 2.02. The van der Waals surface area contributed by atoms with Crippen LogP contribution in [0, 0.1) is 0 Å². The van der Waals surface area contributed by atoms with Crippen LogP contribution in [0.4, 0.5) is 0 Å². The minimum Gasteiger partial charge on any atom is -0.389 e. The van der Waals surface area contributed by atoms with Gasteiger partial charge in [-0.15, -0.1) is 0 Å². The molecule has 20 heavy (non-hydrogen) atoms. The molecule has 5 heteroatoms. The van der Waals surface area contributed by atoms with E-state index in [1.807, 2.05) is 6.07 Å². The molecule has 0 fully saturated rings. The van der Waals surface area contributed by atoms with Gasteiger partial charge in [0.05, 0.1) is 18.7 Å². The quantitative estimate of drug-likeness (QED) is 0.720. The second kappa shape index (κ2) is 7.17. The van der Waals surface area contributed by atoms with E-state index in [9.17, 15) is 14.7 Å².